The first kappa shape index (κ1) is 19.4. The second-order valence-electron chi connectivity index (χ2n) is 6.23. The molecule has 3 aromatic rings. The number of carbonyl (C=O) groups is 1. The summed E-state index contributed by atoms with van der Waals surface area (Å²) in [4.78, 5) is 21.9. The van der Waals surface area contributed by atoms with E-state index in [0.717, 1.165) is 16.5 Å². The van der Waals surface area contributed by atoms with E-state index in [2.05, 4.69) is 10.1 Å². The van der Waals surface area contributed by atoms with E-state index < -0.39 is 5.97 Å². The lowest BCUT2D eigenvalue weighted by molar-refractivity contribution is 0.0292. The fourth-order valence-corrected chi connectivity index (χ4v) is 2.63. The highest BCUT2D eigenvalue weighted by Gasteiger charge is 2.10. The summed E-state index contributed by atoms with van der Waals surface area (Å²) < 4.78 is 10.4. The summed E-state index contributed by atoms with van der Waals surface area (Å²) in [7, 11) is 1.55. The number of nitrogens with zero attached hydrogens (tertiary/aromatic N) is 2. The van der Waals surface area contributed by atoms with E-state index in [-0.39, 0.29) is 12.7 Å². The lowest BCUT2D eigenvalue weighted by Crippen LogP contribution is -2.12. The number of hydrogen-bond donors (Lipinski definition) is 0. The van der Waals surface area contributed by atoms with E-state index in [9.17, 15) is 4.79 Å². The Morgan fingerprint density at radius 1 is 1.18 bits per heavy atom. The van der Waals surface area contributed by atoms with Crippen molar-refractivity contribution < 1.29 is 19.1 Å². The Labute approximate surface area is 163 Å². The number of rotatable bonds is 8. The van der Waals surface area contributed by atoms with Crippen molar-refractivity contribution in [1.29, 1.82) is 0 Å². The number of esters is 1. The predicted octanol–water partition coefficient (Wildman–Crippen LogP) is 4.23. The van der Waals surface area contributed by atoms with Gasteiger partial charge in [-0.3, -0.25) is 4.98 Å². The molecule has 1 heterocycles. The van der Waals surface area contributed by atoms with Crippen LogP contribution >= 0.6 is 0 Å². The van der Waals surface area contributed by atoms with Gasteiger partial charge in [-0.05, 0) is 31.2 Å². The standard InChI is InChI=1S/C22H22N2O4/c1-16(11-13-27-22(25)18-7-4-10-20(14-18)26-2)28-24-15-19-8-3-6-17-9-5-12-23-21(17)19/h3-10,12,14-16H,11,13H2,1-2H3/b24-15+. The molecule has 6 heteroatoms. The van der Waals surface area contributed by atoms with E-state index >= 15 is 0 Å². The van der Waals surface area contributed by atoms with E-state index in [0.29, 0.717) is 17.7 Å². The van der Waals surface area contributed by atoms with E-state index in [1.165, 1.54) is 0 Å². The highest BCUT2D eigenvalue weighted by molar-refractivity contribution is 5.97. The van der Waals surface area contributed by atoms with Crippen molar-refractivity contribution in [3.63, 3.8) is 0 Å². The monoisotopic (exact) mass is 378 g/mol. The van der Waals surface area contributed by atoms with Gasteiger partial charge >= 0.3 is 5.97 Å². The molecule has 1 unspecified atom stereocenters. The minimum absolute atomic E-state index is 0.197. The van der Waals surface area contributed by atoms with Crippen LogP contribution in [0, 0.1) is 0 Å². The van der Waals surface area contributed by atoms with Crippen LogP contribution in [0.15, 0.2) is 65.9 Å². The molecular weight excluding hydrogens is 356 g/mol. The fourth-order valence-electron chi connectivity index (χ4n) is 2.63. The Morgan fingerprint density at radius 3 is 2.86 bits per heavy atom. The van der Waals surface area contributed by atoms with Crippen molar-refractivity contribution in [3.8, 4) is 5.75 Å². The first-order valence-corrected chi connectivity index (χ1v) is 9.01. The normalized spacial score (nSPS) is 12.1. The zero-order chi connectivity index (χ0) is 19.8. The number of para-hydroxylation sites is 1. The van der Waals surface area contributed by atoms with Crippen LogP contribution in [-0.2, 0) is 9.57 Å². The second kappa shape index (κ2) is 9.50. The van der Waals surface area contributed by atoms with Crippen molar-refractivity contribution in [2.45, 2.75) is 19.4 Å². The molecule has 0 spiro atoms. The molecular formula is C22H22N2O4. The highest BCUT2D eigenvalue weighted by atomic mass is 16.6. The van der Waals surface area contributed by atoms with Crippen LogP contribution in [0.4, 0.5) is 0 Å². The Kier molecular flexibility index (Phi) is 6.57. The Morgan fingerprint density at radius 2 is 2.00 bits per heavy atom. The molecule has 0 aliphatic carbocycles. The van der Waals surface area contributed by atoms with E-state index in [1.807, 2.05) is 37.3 Å². The minimum Gasteiger partial charge on any atom is -0.497 e. The van der Waals surface area contributed by atoms with Gasteiger partial charge in [-0.15, -0.1) is 0 Å². The third-order valence-corrected chi connectivity index (χ3v) is 4.16. The number of carbonyl (C=O) groups excluding carboxylic acids is 1. The molecule has 0 amide bonds. The van der Waals surface area contributed by atoms with Crippen molar-refractivity contribution in [2.24, 2.45) is 5.16 Å². The molecule has 6 nitrogen and oxygen atoms in total. The predicted molar refractivity (Wildman–Crippen MR) is 108 cm³/mol. The maximum Gasteiger partial charge on any atom is 0.338 e. The van der Waals surface area contributed by atoms with Crippen LogP contribution < -0.4 is 4.74 Å². The quantitative estimate of drug-likeness (QED) is 0.333. The summed E-state index contributed by atoms with van der Waals surface area (Å²) in [6, 6.07) is 16.6. The fraction of sp³-hybridized carbons (Fsp3) is 0.227. The molecule has 0 fully saturated rings. The van der Waals surface area contributed by atoms with Crippen LogP contribution in [0.25, 0.3) is 10.9 Å². The molecule has 1 aromatic heterocycles. The molecule has 0 bridgehead atoms. The maximum absolute atomic E-state index is 12.1. The number of oxime groups is 1. The molecule has 144 valence electrons. The number of methoxy groups -OCH3 is 1. The minimum atomic E-state index is -0.392. The van der Waals surface area contributed by atoms with Crippen molar-refractivity contribution in [3.05, 3.63) is 71.9 Å². The number of benzene rings is 2. The van der Waals surface area contributed by atoms with Gasteiger partial charge in [0.15, 0.2) is 0 Å². The molecule has 28 heavy (non-hydrogen) atoms. The van der Waals surface area contributed by atoms with E-state index in [1.54, 1.807) is 43.8 Å². The van der Waals surface area contributed by atoms with Gasteiger partial charge in [0, 0.05) is 23.6 Å². The number of ether oxygens (including phenoxy) is 2. The summed E-state index contributed by atoms with van der Waals surface area (Å²) in [5.41, 5.74) is 2.21. The van der Waals surface area contributed by atoms with Crippen LogP contribution in [0.1, 0.15) is 29.3 Å². The van der Waals surface area contributed by atoms with Crippen LogP contribution in [0.3, 0.4) is 0 Å². The topological polar surface area (TPSA) is 70.0 Å². The molecule has 2 aromatic carbocycles. The molecule has 0 aliphatic heterocycles. The zero-order valence-electron chi connectivity index (χ0n) is 15.9. The van der Waals surface area contributed by atoms with Gasteiger partial charge in [-0.25, -0.2) is 4.79 Å². The summed E-state index contributed by atoms with van der Waals surface area (Å²) in [5, 5.41) is 5.09. The van der Waals surface area contributed by atoms with Crippen LogP contribution in [0.2, 0.25) is 0 Å². The second-order valence-corrected chi connectivity index (χ2v) is 6.23. The molecule has 0 saturated heterocycles. The maximum atomic E-state index is 12.1. The smallest absolute Gasteiger partial charge is 0.338 e. The SMILES string of the molecule is COc1cccc(C(=O)OCCC(C)O/N=C/c2cccc3cccnc23)c1. The largest absolute Gasteiger partial charge is 0.497 e. The molecule has 3 rings (SSSR count). The lowest BCUT2D eigenvalue weighted by Gasteiger charge is -2.10. The van der Waals surface area contributed by atoms with Gasteiger partial charge in [-0.2, -0.15) is 0 Å². The third-order valence-electron chi connectivity index (χ3n) is 4.16. The van der Waals surface area contributed by atoms with Gasteiger partial charge < -0.3 is 14.3 Å². The van der Waals surface area contributed by atoms with Gasteiger partial charge in [0.2, 0.25) is 0 Å². The molecule has 0 aliphatic rings. The zero-order valence-corrected chi connectivity index (χ0v) is 15.9. The molecule has 0 N–H and O–H groups in total. The average molecular weight is 378 g/mol. The van der Waals surface area contributed by atoms with Gasteiger partial charge in [0.05, 0.1) is 31.0 Å². The number of pyridine rings is 1. The van der Waals surface area contributed by atoms with Crippen molar-refractivity contribution in [2.75, 3.05) is 13.7 Å². The first-order chi connectivity index (χ1) is 13.7. The molecule has 0 radical (unpaired) electrons. The number of hydrogen-bond acceptors (Lipinski definition) is 6. The first-order valence-electron chi connectivity index (χ1n) is 9.01. The average Bonchev–Trinajstić information content (AvgIpc) is 2.74. The van der Waals surface area contributed by atoms with Crippen LogP contribution in [-0.4, -0.2) is 37.0 Å². The summed E-state index contributed by atoms with van der Waals surface area (Å²) in [6.45, 7) is 2.11. The third kappa shape index (κ3) is 5.07. The molecule has 0 saturated carbocycles. The van der Waals surface area contributed by atoms with Crippen molar-refractivity contribution in [1.82, 2.24) is 4.98 Å². The van der Waals surface area contributed by atoms with Crippen LogP contribution in [0.5, 0.6) is 5.75 Å². The van der Waals surface area contributed by atoms with Gasteiger partial charge in [-0.1, -0.05) is 35.5 Å². The van der Waals surface area contributed by atoms with Crippen molar-refractivity contribution >= 4 is 23.1 Å². The summed E-state index contributed by atoms with van der Waals surface area (Å²) in [6.07, 6.45) is 3.73. The van der Waals surface area contributed by atoms with Gasteiger partial charge in [0.1, 0.15) is 11.9 Å². The Balaban J connectivity index is 1.47. The summed E-state index contributed by atoms with van der Waals surface area (Å²) >= 11 is 0. The van der Waals surface area contributed by atoms with E-state index in [4.69, 9.17) is 14.3 Å². The lowest BCUT2D eigenvalue weighted by atomic mass is 10.1. The Bertz CT molecular complexity index is 966. The number of fused-ring (bicyclic) bond motifs is 1. The Hall–Kier alpha value is -3.41. The molecule has 1 atom stereocenters. The van der Waals surface area contributed by atoms with Gasteiger partial charge in [0.25, 0.3) is 0 Å². The summed E-state index contributed by atoms with van der Waals surface area (Å²) in [5.74, 6) is 0.222. The highest BCUT2D eigenvalue weighted by Crippen LogP contribution is 2.15. The number of aromatic nitrogens is 1.